The molecular formula is C6H4BrNO3. The van der Waals surface area contributed by atoms with E-state index in [0.717, 1.165) is 0 Å². The van der Waals surface area contributed by atoms with Gasteiger partial charge in [0.05, 0.1) is 10.0 Å². The second-order valence-electron chi connectivity index (χ2n) is 1.87. The summed E-state index contributed by atoms with van der Waals surface area (Å²) < 4.78 is 0.220. The highest BCUT2D eigenvalue weighted by atomic mass is 79.9. The number of aldehydes is 1. The smallest absolute Gasteiger partial charge is 0.265 e. The van der Waals surface area contributed by atoms with Crippen molar-refractivity contribution in [2.75, 3.05) is 0 Å². The first-order valence-electron chi connectivity index (χ1n) is 2.72. The summed E-state index contributed by atoms with van der Waals surface area (Å²) in [5.74, 6) is -0.409. The van der Waals surface area contributed by atoms with Gasteiger partial charge in [0.1, 0.15) is 0 Å². The Labute approximate surface area is 70.0 Å². The third-order valence-electron chi connectivity index (χ3n) is 1.13. The Hall–Kier alpha value is -1.10. The number of aromatic nitrogens is 1. The summed E-state index contributed by atoms with van der Waals surface area (Å²) in [5, 5.41) is 8.91. The predicted octanol–water partition coefficient (Wildman–Crippen LogP) is 0.655. The normalized spacial score (nSPS) is 9.55. The zero-order chi connectivity index (χ0) is 8.43. The molecule has 1 rings (SSSR count). The molecule has 0 aliphatic heterocycles. The van der Waals surface area contributed by atoms with Crippen LogP contribution in [-0.2, 0) is 0 Å². The Morgan fingerprint density at radius 3 is 2.82 bits per heavy atom. The van der Waals surface area contributed by atoms with Gasteiger partial charge in [-0.15, -0.1) is 0 Å². The van der Waals surface area contributed by atoms with Crippen LogP contribution in [0.15, 0.2) is 15.3 Å². The molecule has 11 heavy (non-hydrogen) atoms. The fraction of sp³-hybridized carbons (Fsp3) is 0. The average molecular weight is 218 g/mol. The van der Waals surface area contributed by atoms with Gasteiger partial charge in [0.2, 0.25) is 5.88 Å². The van der Waals surface area contributed by atoms with Crippen molar-refractivity contribution in [2.24, 2.45) is 0 Å². The maximum Gasteiger partial charge on any atom is 0.265 e. The first kappa shape index (κ1) is 8.00. The highest BCUT2D eigenvalue weighted by Crippen LogP contribution is 2.12. The molecule has 2 N–H and O–H groups in total. The van der Waals surface area contributed by atoms with E-state index in [0.29, 0.717) is 6.29 Å². The van der Waals surface area contributed by atoms with E-state index in [9.17, 15) is 9.59 Å². The Morgan fingerprint density at radius 2 is 2.27 bits per heavy atom. The van der Waals surface area contributed by atoms with Crippen LogP contribution in [0.3, 0.4) is 0 Å². The zero-order valence-electron chi connectivity index (χ0n) is 5.30. The molecule has 0 amide bonds. The molecular weight excluding hydrogens is 214 g/mol. The minimum absolute atomic E-state index is 0.0523. The van der Waals surface area contributed by atoms with Crippen molar-refractivity contribution in [2.45, 2.75) is 0 Å². The van der Waals surface area contributed by atoms with Crippen LogP contribution in [0.25, 0.3) is 0 Å². The van der Waals surface area contributed by atoms with Crippen molar-refractivity contribution in [3.8, 4) is 5.88 Å². The second-order valence-corrected chi connectivity index (χ2v) is 2.72. The first-order valence-corrected chi connectivity index (χ1v) is 3.51. The first-order chi connectivity index (χ1) is 5.15. The summed E-state index contributed by atoms with van der Waals surface area (Å²) in [6.45, 7) is 0. The molecule has 58 valence electrons. The number of aromatic hydroxyl groups is 1. The third kappa shape index (κ3) is 1.48. The Balaban J connectivity index is 3.43. The summed E-state index contributed by atoms with van der Waals surface area (Å²) >= 11 is 2.91. The summed E-state index contributed by atoms with van der Waals surface area (Å²) in [6, 6.07) is 1.25. The predicted molar refractivity (Wildman–Crippen MR) is 41.8 cm³/mol. The number of carbonyl (C=O) groups is 1. The van der Waals surface area contributed by atoms with Gasteiger partial charge in [-0.3, -0.25) is 14.6 Å². The minimum Gasteiger partial charge on any atom is -0.494 e. The van der Waals surface area contributed by atoms with E-state index in [4.69, 9.17) is 5.11 Å². The van der Waals surface area contributed by atoms with Crippen LogP contribution in [0, 0.1) is 0 Å². The second kappa shape index (κ2) is 2.87. The van der Waals surface area contributed by atoms with Gasteiger partial charge >= 0.3 is 0 Å². The van der Waals surface area contributed by atoms with Gasteiger partial charge in [-0.2, -0.15) is 0 Å². The van der Waals surface area contributed by atoms with Gasteiger partial charge in [0.25, 0.3) is 5.56 Å². The van der Waals surface area contributed by atoms with Crippen LogP contribution >= 0.6 is 15.9 Å². The number of halogens is 1. The summed E-state index contributed by atoms with van der Waals surface area (Å²) in [7, 11) is 0. The zero-order valence-corrected chi connectivity index (χ0v) is 6.88. The highest BCUT2D eigenvalue weighted by molar-refractivity contribution is 9.10. The van der Waals surface area contributed by atoms with E-state index >= 15 is 0 Å². The molecule has 0 spiro atoms. The lowest BCUT2D eigenvalue weighted by molar-refractivity contribution is 0.112. The molecule has 1 aromatic rings. The topological polar surface area (TPSA) is 70.2 Å². The van der Waals surface area contributed by atoms with Crippen LogP contribution in [0.2, 0.25) is 0 Å². The quantitative estimate of drug-likeness (QED) is 0.680. The molecule has 0 aliphatic carbocycles. The van der Waals surface area contributed by atoms with E-state index in [1.165, 1.54) is 6.07 Å². The van der Waals surface area contributed by atoms with Gasteiger partial charge in [-0.1, -0.05) is 0 Å². The van der Waals surface area contributed by atoms with Crippen LogP contribution in [0.5, 0.6) is 5.88 Å². The monoisotopic (exact) mass is 217 g/mol. The van der Waals surface area contributed by atoms with E-state index in [1.807, 2.05) is 0 Å². The molecule has 1 aromatic heterocycles. The number of H-pyrrole nitrogens is 1. The number of nitrogens with one attached hydrogen (secondary N) is 1. The SMILES string of the molecule is O=Cc1cc(Br)c(=O)[nH]c1O. The summed E-state index contributed by atoms with van der Waals surface area (Å²) in [4.78, 5) is 23.0. The maximum atomic E-state index is 10.7. The fourth-order valence-electron chi connectivity index (χ4n) is 0.600. The van der Waals surface area contributed by atoms with Crippen LogP contribution in [0.1, 0.15) is 10.4 Å². The number of hydrogen-bond acceptors (Lipinski definition) is 3. The van der Waals surface area contributed by atoms with Crippen molar-refractivity contribution in [3.05, 3.63) is 26.5 Å². The molecule has 1 heterocycles. The third-order valence-corrected chi connectivity index (χ3v) is 1.72. The van der Waals surface area contributed by atoms with Crippen LogP contribution in [-0.4, -0.2) is 16.4 Å². The van der Waals surface area contributed by atoms with Gasteiger partial charge in [-0.25, -0.2) is 0 Å². The molecule has 0 saturated carbocycles. The average Bonchev–Trinajstić information content (AvgIpc) is 1.97. The lowest BCUT2D eigenvalue weighted by atomic mass is 10.3. The molecule has 0 bridgehead atoms. The largest absolute Gasteiger partial charge is 0.494 e. The molecule has 0 aromatic carbocycles. The highest BCUT2D eigenvalue weighted by Gasteiger charge is 2.03. The van der Waals surface area contributed by atoms with E-state index in [2.05, 4.69) is 20.9 Å². The van der Waals surface area contributed by atoms with Gasteiger partial charge in [0, 0.05) is 0 Å². The lowest BCUT2D eigenvalue weighted by Gasteiger charge is -1.95. The Kier molecular flexibility index (Phi) is 2.09. The van der Waals surface area contributed by atoms with E-state index in [1.54, 1.807) is 0 Å². The Morgan fingerprint density at radius 1 is 1.64 bits per heavy atom. The lowest BCUT2D eigenvalue weighted by Crippen LogP contribution is -2.06. The fourth-order valence-corrected chi connectivity index (χ4v) is 0.945. The van der Waals surface area contributed by atoms with Crippen molar-refractivity contribution in [1.82, 2.24) is 4.98 Å². The number of pyridine rings is 1. The van der Waals surface area contributed by atoms with Crippen LogP contribution in [0.4, 0.5) is 0 Å². The maximum absolute atomic E-state index is 10.7. The van der Waals surface area contributed by atoms with Crippen molar-refractivity contribution < 1.29 is 9.90 Å². The number of hydrogen-bond donors (Lipinski definition) is 2. The molecule has 0 atom stereocenters. The number of aromatic amines is 1. The van der Waals surface area contributed by atoms with Gasteiger partial charge < -0.3 is 5.11 Å². The van der Waals surface area contributed by atoms with Crippen molar-refractivity contribution in [3.63, 3.8) is 0 Å². The van der Waals surface area contributed by atoms with Crippen LogP contribution < -0.4 is 5.56 Å². The minimum atomic E-state index is -0.465. The summed E-state index contributed by atoms with van der Waals surface area (Å²) in [6.07, 6.45) is 0.454. The Bertz CT molecular complexity index is 344. The van der Waals surface area contributed by atoms with E-state index < -0.39 is 11.4 Å². The number of rotatable bonds is 1. The molecule has 0 fully saturated rings. The van der Waals surface area contributed by atoms with Crippen molar-refractivity contribution in [1.29, 1.82) is 0 Å². The number of carbonyl (C=O) groups excluding carboxylic acids is 1. The molecule has 0 radical (unpaired) electrons. The molecule has 4 nitrogen and oxygen atoms in total. The van der Waals surface area contributed by atoms with Gasteiger partial charge in [-0.05, 0) is 22.0 Å². The molecule has 0 aliphatic rings. The van der Waals surface area contributed by atoms with E-state index in [-0.39, 0.29) is 10.0 Å². The van der Waals surface area contributed by atoms with Gasteiger partial charge in [0.15, 0.2) is 6.29 Å². The molecule has 0 saturated heterocycles. The van der Waals surface area contributed by atoms with Crippen molar-refractivity contribution >= 4 is 22.2 Å². The molecule has 0 unspecified atom stereocenters. The standard InChI is InChI=1S/C6H4BrNO3/c7-4-1-3(2-9)5(10)8-6(4)11/h1-2H,(H2,8,10,11). The summed E-state index contributed by atoms with van der Waals surface area (Å²) in [5.41, 5.74) is -0.412. The molecule has 5 heteroatoms.